The average molecular weight is 416 g/mol. The van der Waals surface area contributed by atoms with Crippen molar-refractivity contribution < 1.29 is 8.42 Å². The fraction of sp³-hybridized carbons (Fsp3) is 0.550. The van der Waals surface area contributed by atoms with Crippen LogP contribution in [0.2, 0.25) is 0 Å². The normalized spacial score (nSPS) is 24.4. The highest BCUT2D eigenvalue weighted by Crippen LogP contribution is 2.59. The molecule has 1 saturated heterocycles. The minimum absolute atomic E-state index is 0.0245. The molecule has 1 N–H and O–H groups in total. The Labute approximate surface area is 169 Å². The third-order valence-corrected chi connectivity index (χ3v) is 7.84. The molecular weight excluding hydrogens is 390 g/mol. The Balaban J connectivity index is 1.42. The van der Waals surface area contributed by atoms with Gasteiger partial charge in [-0.3, -0.25) is 9.36 Å². The van der Waals surface area contributed by atoms with E-state index in [-0.39, 0.29) is 23.1 Å². The van der Waals surface area contributed by atoms with Crippen LogP contribution in [0.1, 0.15) is 38.1 Å². The van der Waals surface area contributed by atoms with Gasteiger partial charge >= 0.3 is 0 Å². The zero-order valence-electron chi connectivity index (χ0n) is 16.4. The molecule has 1 spiro atoms. The second kappa shape index (κ2) is 6.63. The molecule has 1 atom stereocenters. The summed E-state index contributed by atoms with van der Waals surface area (Å²) in [6.45, 7) is 0.982. The number of aromatic nitrogens is 3. The van der Waals surface area contributed by atoms with E-state index in [2.05, 4.69) is 22.5 Å². The van der Waals surface area contributed by atoms with E-state index in [1.165, 1.54) is 10.6 Å². The van der Waals surface area contributed by atoms with E-state index < -0.39 is 10.0 Å². The minimum atomic E-state index is -3.15. The summed E-state index contributed by atoms with van der Waals surface area (Å²) in [5.74, 6) is 0.491. The van der Waals surface area contributed by atoms with Gasteiger partial charge in [-0.1, -0.05) is 12.2 Å². The van der Waals surface area contributed by atoms with Crippen molar-refractivity contribution in [2.24, 2.45) is 5.41 Å². The Morgan fingerprint density at radius 3 is 2.66 bits per heavy atom. The molecule has 0 amide bonds. The lowest BCUT2D eigenvalue weighted by Crippen LogP contribution is -2.42. The molecular formula is C20H25N5O3S. The highest BCUT2D eigenvalue weighted by atomic mass is 32.2. The molecule has 1 unspecified atom stereocenters. The van der Waals surface area contributed by atoms with E-state index in [1.54, 1.807) is 18.3 Å². The van der Waals surface area contributed by atoms with Crippen LogP contribution in [0.25, 0.3) is 11.0 Å². The number of hydrogen-bond acceptors (Lipinski definition) is 6. The molecule has 154 valence electrons. The van der Waals surface area contributed by atoms with E-state index in [4.69, 9.17) is 4.98 Å². The van der Waals surface area contributed by atoms with Crippen molar-refractivity contribution >= 4 is 27.0 Å². The number of piperidine rings is 1. The fourth-order valence-electron chi connectivity index (χ4n) is 4.71. The van der Waals surface area contributed by atoms with Crippen molar-refractivity contribution in [1.29, 1.82) is 0 Å². The molecule has 5 rings (SSSR count). The highest BCUT2D eigenvalue weighted by molar-refractivity contribution is 7.88. The lowest BCUT2D eigenvalue weighted by molar-refractivity contribution is 0.331. The van der Waals surface area contributed by atoms with Gasteiger partial charge in [0.15, 0.2) is 0 Å². The van der Waals surface area contributed by atoms with Crippen LogP contribution in [0.4, 0.5) is 5.95 Å². The van der Waals surface area contributed by atoms with Crippen LogP contribution in [0.3, 0.4) is 0 Å². The first-order chi connectivity index (χ1) is 13.9. The van der Waals surface area contributed by atoms with Gasteiger partial charge in [-0.05, 0) is 38.2 Å². The maximum Gasteiger partial charge on any atom is 0.252 e. The topological polar surface area (TPSA) is 97.2 Å². The van der Waals surface area contributed by atoms with Gasteiger partial charge in [-0.2, -0.15) is 4.98 Å². The van der Waals surface area contributed by atoms with Crippen LogP contribution in [0.15, 0.2) is 35.3 Å². The summed E-state index contributed by atoms with van der Waals surface area (Å²) < 4.78 is 26.7. The lowest BCUT2D eigenvalue weighted by Gasteiger charge is -2.30. The van der Waals surface area contributed by atoms with Crippen LogP contribution >= 0.6 is 0 Å². The number of hydrogen-bond donors (Lipinski definition) is 1. The molecule has 2 fully saturated rings. The molecule has 1 saturated carbocycles. The highest BCUT2D eigenvalue weighted by Gasteiger charge is 2.50. The Kier molecular flexibility index (Phi) is 4.29. The van der Waals surface area contributed by atoms with E-state index >= 15 is 0 Å². The molecule has 29 heavy (non-hydrogen) atoms. The molecule has 3 heterocycles. The first kappa shape index (κ1) is 18.7. The number of sulfonamides is 1. The number of rotatable bonds is 4. The molecule has 3 aliphatic rings. The van der Waals surface area contributed by atoms with Crippen LogP contribution in [0.5, 0.6) is 0 Å². The molecule has 8 nitrogen and oxygen atoms in total. The third kappa shape index (κ3) is 3.36. The Morgan fingerprint density at radius 2 is 1.97 bits per heavy atom. The maximum absolute atomic E-state index is 12.8. The Hall–Kier alpha value is -2.26. The molecule has 2 aromatic rings. The molecule has 0 bridgehead atoms. The number of pyridine rings is 1. The first-order valence-corrected chi connectivity index (χ1v) is 12.0. The number of fused-ring (bicyclic) bond motifs is 1. The maximum atomic E-state index is 12.8. The SMILES string of the molecule is CS(=O)(=O)N1CCC(Nc2ncc3ccc(=O)n(C4CC=CC45CC5)c3n2)CC1. The van der Waals surface area contributed by atoms with Crippen molar-refractivity contribution in [1.82, 2.24) is 18.8 Å². The van der Waals surface area contributed by atoms with Crippen LogP contribution in [0, 0.1) is 5.41 Å². The standard InChI is InChI=1S/C20H25N5O3S/c1-29(27,28)24-11-6-15(7-12-24)22-19-21-13-14-4-5-17(26)25(18(14)23-19)16-3-2-8-20(16)9-10-20/h2,4-5,8,13,15-16H,3,6-7,9-12H2,1H3,(H,21,22,23). The number of nitrogens with zero attached hydrogens (tertiary/aromatic N) is 4. The molecule has 2 aliphatic carbocycles. The summed E-state index contributed by atoms with van der Waals surface area (Å²) in [6.07, 6.45) is 11.9. The van der Waals surface area contributed by atoms with Crippen molar-refractivity contribution in [3.05, 3.63) is 40.8 Å². The molecule has 9 heteroatoms. The summed E-state index contributed by atoms with van der Waals surface area (Å²) >= 11 is 0. The van der Waals surface area contributed by atoms with Gasteiger partial charge in [0.25, 0.3) is 5.56 Å². The number of anilines is 1. The molecule has 1 aliphatic heterocycles. The summed E-state index contributed by atoms with van der Waals surface area (Å²) in [5, 5.41) is 4.20. The monoisotopic (exact) mass is 415 g/mol. The largest absolute Gasteiger partial charge is 0.351 e. The van der Waals surface area contributed by atoms with Gasteiger partial charge in [0.05, 0.1) is 12.3 Å². The van der Waals surface area contributed by atoms with E-state index in [0.29, 0.717) is 37.5 Å². The molecule has 2 aromatic heterocycles. The summed E-state index contributed by atoms with van der Waals surface area (Å²) in [5.41, 5.74) is 0.766. The quantitative estimate of drug-likeness (QED) is 0.766. The van der Waals surface area contributed by atoms with E-state index in [1.807, 2.05) is 4.57 Å². The van der Waals surface area contributed by atoms with Crippen molar-refractivity contribution in [2.45, 2.75) is 44.2 Å². The van der Waals surface area contributed by atoms with Gasteiger partial charge in [-0.15, -0.1) is 0 Å². The van der Waals surface area contributed by atoms with Crippen LogP contribution in [-0.4, -0.2) is 52.6 Å². The van der Waals surface area contributed by atoms with Crippen LogP contribution < -0.4 is 10.9 Å². The molecule has 0 aromatic carbocycles. The molecule has 0 radical (unpaired) electrons. The van der Waals surface area contributed by atoms with Gasteiger partial charge < -0.3 is 5.32 Å². The smallest absolute Gasteiger partial charge is 0.252 e. The summed E-state index contributed by atoms with van der Waals surface area (Å²) in [7, 11) is -3.15. The van der Waals surface area contributed by atoms with Gasteiger partial charge in [-0.25, -0.2) is 17.7 Å². The number of allylic oxidation sites excluding steroid dienone is 2. The van der Waals surface area contributed by atoms with Crippen molar-refractivity contribution in [3.63, 3.8) is 0 Å². The fourth-order valence-corrected chi connectivity index (χ4v) is 5.58. The van der Waals surface area contributed by atoms with E-state index in [9.17, 15) is 13.2 Å². The second-order valence-electron chi connectivity index (χ2n) is 8.48. The summed E-state index contributed by atoms with van der Waals surface area (Å²) in [4.78, 5) is 21.9. The first-order valence-electron chi connectivity index (χ1n) is 10.1. The number of nitrogens with one attached hydrogen (secondary N) is 1. The predicted molar refractivity (Wildman–Crippen MR) is 111 cm³/mol. The van der Waals surface area contributed by atoms with Crippen LogP contribution in [-0.2, 0) is 10.0 Å². The Morgan fingerprint density at radius 1 is 1.21 bits per heavy atom. The lowest BCUT2D eigenvalue weighted by atomic mass is 10.00. The predicted octanol–water partition coefficient (Wildman–Crippen LogP) is 1.91. The summed E-state index contributed by atoms with van der Waals surface area (Å²) in [6, 6.07) is 3.62. The van der Waals surface area contributed by atoms with E-state index in [0.717, 1.165) is 24.6 Å². The Bertz CT molecular complexity index is 1140. The zero-order chi connectivity index (χ0) is 20.2. The second-order valence-corrected chi connectivity index (χ2v) is 10.5. The van der Waals surface area contributed by atoms with Crippen molar-refractivity contribution in [2.75, 3.05) is 24.7 Å². The zero-order valence-corrected chi connectivity index (χ0v) is 17.2. The van der Waals surface area contributed by atoms with Gasteiger partial charge in [0.1, 0.15) is 5.65 Å². The third-order valence-electron chi connectivity index (χ3n) is 6.53. The van der Waals surface area contributed by atoms with Gasteiger partial charge in [0, 0.05) is 42.2 Å². The van der Waals surface area contributed by atoms with Crippen molar-refractivity contribution in [3.8, 4) is 0 Å². The average Bonchev–Trinajstić information content (AvgIpc) is 3.35. The minimum Gasteiger partial charge on any atom is -0.351 e. The van der Waals surface area contributed by atoms with Gasteiger partial charge in [0.2, 0.25) is 16.0 Å².